The summed E-state index contributed by atoms with van der Waals surface area (Å²) >= 11 is 0. The number of nitrogens with one attached hydrogen (secondary N) is 1. The standard InChI is InChI=1S/C10H8FN3/c11-10-4-2-1-3-8(10)5-6-9-7-12-14-13-9/h1-7H,(H,12,13,14). The number of H-pyrrole nitrogens is 1. The van der Waals surface area contributed by atoms with Gasteiger partial charge >= 0.3 is 0 Å². The quantitative estimate of drug-likeness (QED) is 0.786. The van der Waals surface area contributed by atoms with E-state index in [-0.39, 0.29) is 5.82 Å². The molecule has 14 heavy (non-hydrogen) atoms. The third-order valence-electron chi connectivity index (χ3n) is 1.77. The van der Waals surface area contributed by atoms with Gasteiger partial charge in [-0.1, -0.05) is 18.2 Å². The number of rotatable bonds is 2. The molecule has 0 aliphatic rings. The van der Waals surface area contributed by atoms with Gasteiger partial charge in [0.2, 0.25) is 0 Å². The lowest BCUT2D eigenvalue weighted by Gasteiger charge is -1.93. The van der Waals surface area contributed by atoms with Crippen molar-refractivity contribution in [3.8, 4) is 0 Å². The molecule has 1 heterocycles. The minimum atomic E-state index is -0.243. The Hall–Kier alpha value is -1.97. The molecule has 70 valence electrons. The second-order valence-electron chi connectivity index (χ2n) is 2.75. The van der Waals surface area contributed by atoms with Crippen LogP contribution >= 0.6 is 0 Å². The van der Waals surface area contributed by atoms with Crippen LogP contribution < -0.4 is 0 Å². The lowest BCUT2D eigenvalue weighted by molar-refractivity contribution is 0.625. The molecule has 2 rings (SSSR count). The first kappa shape index (κ1) is 8.62. The maximum atomic E-state index is 13.1. The summed E-state index contributed by atoms with van der Waals surface area (Å²) in [6.45, 7) is 0. The molecule has 0 bridgehead atoms. The van der Waals surface area contributed by atoms with Crippen LogP contribution in [0, 0.1) is 5.82 Å². The van der Waals surface area contributed by atoms with Crippen LogP contribution in [0.5, 0.6) is 0 Å². The Morgan fingerprint density at radius 2 is 2.07 bits per heavy atom. The fraction of sp³-hybridized carbons (Fsp3) is 0. The molecular weight excluding hydrogens is 181 g/mol. The summed E-state index contributed by atoms with van der Waals surface area (Å²) in [5.74, 6) is -0.243. The molecule has 0 amide bonds. The lowest BCUT2D eigenvalue weighted by Crippen LogP contribution is -1.79. The maximum absolute atomic E-state index is 13.1. The van der Waals surface area contributed by atoms with Gasteiger partial charge in [0.05, 0.1) is 6.20 Å². The lowest BCUT2D eigenvalue weighted by atomic mass is 10.2. The molecule has 2 aromatic rings. The van der Waals surface area contributed by atoms with Crippen molar-refractivity contribution in [2.45, 2.75) is 0 Å². The largest absolute Gasteiger partial charge is 0.206 e. The number of aromatic amines is 1. The third-order valence-corrected chi connectivity index (χ3v) is 1.77. The average Bonchev–Trinajstić information content (AvgIpc) is 2.69. The second-order valence-corrected chi connectivity index (χ2v) is 2.75. The van der Waals surface area contributed by atoms with Crippen LogP contribution in [0.1, 0.15) is 11.3 Å². The van der Waals surface area contributed by atoms with Gasteiger partial charge in [0.1, 0.15) is 11.5 Å². The Morgan fingerprint density at radius 3 is 2.79 bits per heavy atom. The van der Waals surface area contributed by atoms with Gasteiger partial charge in [-0.05, 0) is 18.2 Å². The number of aromatic nitrogens is 3. The highest BCUT2D eigenvalue weighted by atomic mass is 19.1. The van der Waals surface area contributed by atoms with Crippen LogP contribution in [-0.4, -0.2) is 15.4 Å². The molecule has 0 unspecified atom stereocenters. The highest BCUT2D eigenvalue weighted by Gasteiger charge is 1.95. The molecular formula is C10H8FN3. The molecule has 1 aromatic carbocycles. The fourth-order valence-corrected chi connectivity index (χ4v) is 1.08. The topological polar surface area (TPSA) is 41.6 Å². The van der Waals surface area contributed by atoms with E-state index in [0.29, 0.717) is 11.3 Å². The van der Waals surface area contributed by atoms with Crippen LogP contribution in [0.4, 0.5) is 4.39 Å². The number of benzene rings is 1. The number of halogens is 1. The first-order chi connectivity index (χ1) is 6.86. The summed E-state index contributed by atoms with van der Waals surface area (Å²) in [4.78, 5) is 0. The molecule has 3 nitrogen and oxygen atoms in total. The smallest absolute Gasteiger partial charge is 0.130 e. The Balaban J connectivity index is 2.23. The van der Waals surface area contributed by atoms with E-state index in [2.05, 4.69) is 15.4 Å². The van der Waals surface area contributed by atoms with Gasteiger partial charge in [0, 0.05) is 5.56 Å². The van der Waals surface area contributed by atoms with Crippen molar-refractivity contribution in [1.82, 2.24) is 15.4 Å². The van der Waals surface area contributed by atoms with Crippen molar-refractivity contribution in [3.05, 3.63) is 47.5 Å². The van der Waals surface area contributed by atoms with Crippen molar-refractivity contribution >= 4 is 12.2 Å². The van der Waals surface area contributed by atoms with Crippen molar-refractivity contribution in [2.75, 3.05) is 0 Å². The number of nitrogens with zero attached hydrogens (tertiary/aromatic N) is 2. The first-order valence-corrected chi connectivity index (χ1v) is 4.14. The van der Waals surface area contributed by atoms with Gasteiger partial charge in [0.25, 0.3) is 0 Å². The molecule has 0 aliphatic carbocycles. The molecule has 0 atom stereocenters. The van der Waals surface area contributed by atoms with Crippen molar-refractivity contribution in [2.24, 2.45) is 0 Å². The fourth-order valence-electron chi connectivity index (χ4n) is 1.08. The van der Waals surface area contributed by atoms with Crippen LogP contribution in [0.15, 0.2) is 30.5 Å². The zero-order chi connectivity index (χ0) is 9.80. The Morgan fingerprint density at radius 1 is 1.21 bits per heavy atom. The van der Waals surface area contributed by atoms with E-state index in [1.165, 1.54) is 6.07 Å². The predicted octanol–water partition coefficient (Wildman–Crippen LogP) is 2.11. The molecule has 1 aromatic heterocycles. The summed E-state index contributed by atoms with van der Waals surface area (Å²) < 4.78 is 13.1. The van der Waals surface area contributed by atoms with E-state index < -0.39 is 0 Å². The van der Waals surface area contributed by atoms with E-state index in [0.717, 1.165) is 0 Å². The van der Waals surface area contributed by atoms with Gasteiger partial charge in [-0.25, -0.2) is 4.39 Å². The van der Waals surface area contributed by atoms with E-state index in [4.69, 9.17) is 0 Å². The van der Waals surface area contributed by atoms with Crippen molar-refractivity contribution in [3.63, 3.8) is 0 Å². The Labute approximate surface area is 80.3 Å². The molecule has 0 saturated carbocycles. The van der Waals surface area contributed by atoms with Gasteiger partial charge < -0.3 is 0 Å². The highest BCUT2D eigenvalue weighted by Crippen LogP contribution is 2.09. The van der Waals surface area contributed by atoms with Crippen LogP contribution in [0.3, 0.4) is 0 Å². The summed E-state index contributed by atoms with van der Waals surface area (Å²) in [5, 5.41) is 9.93. The minimum absolute atomic E-state index is 0.243. The third kappa shape index (κ3) is 1.85. The Kier molecular flexibility index (Phi) is 2.36. The predicted molar refractivity (Wildman–Crippen MR) is 51.7 cm³/mol. The molecule has 4 heteroatoms. The van der Waals surface area contributed by atoms with Crippen molar-refractivity contribution < 1.29 is 4.39 Å². The molecule has 0 aliphatic heterocycles. The summed E-state index contributed by atoms with van der Waals surface area (Å²) in [6, 6.07) is 6.56. The summed E-state index contributed by atoms with van der Waals surface area (Å²) in [6.07, 6.45) is 4.92. The molecule has 0 spiro atoms. The van der Waals surface area contributed by atoms with Gasteiger partial charge in [-0.3, -0.25) is 0 Å². The van der Waals surface area contributed by atoms with Crippen LogP contribution in [-0.2, 0) is 0 Å². The molecule has 1 N–H and O–H groups in total. The normalized spacial score (nSPS) is 10.9. The first-order valence-electron chi connectivity index (χ1n) is 4.14. The van der Waals surface area contributed by atoms with Crippen LogP contribution in [0.2, 0.25) is 0 Å². The molecule has 0 saturated heterocycles. The zero-order valence-corrected chi connectivity index (χ0v) is 7.31. The SMILES string of the molecule is Fc1ccccc1C=Cc1cn[nH]n1. The number of hydrogen-bond donors (Lipinski definition) is 1. The van der Waals surface area contributed by atoms with E-state index in [1.54, 1.807) is 36.5 Å². The zero-order valence-electron chi connectivity index (χ0n) is 7.31. The van der Waals surface area contributed by atoms with E-state index in [1.807, 2.05) is 0 Å². The Bertz CT molecular complexity index is 434. The minimum Gasteiger partial charge on any atom is -0.206 e. The summed E-state index contributed by atoms with van der Waals surface area (Å²) in [5.41, 5.74) is 1.21. The van der Waals surface area contributed by atoms with Gasteiger partial charge in [0.15, 0.2) is 0 Å². The van der Waals surface area contributed by atoms with Gasteiger partial charge in [-0.15, -0.1) is 0 Å². The highest BCUT2D eigenvalue weighted by molar-refractivity contribution is 5.67. The number of hydrogen-bond acceptors (Lipinski definition) is 2. The average molecular weight is 189 g/mol. The van der Waals surface area contributed by atoms with Gasteiger partial charge in [-0.2, -0.15) is 15.4 Å². The summed E-state index contributed by atoms with van der Waals surface area (Å²) in [7, 11) is 0. The molecule has 0 radical (unpaired) electrons. The van der Waals surface area contributed by atoms with Crippen molar-refractivity contribution in [1.29, 1.82) is 0 Å². The van der Waals surface area contributed by atoms with E-state index in [9.17, 15) is 4.39 Å². The second kappa shape index (κ2) is 3.83. The molecule has 0 fully saturated rings. The van der Waals surface area contributed by atoms with E-state index >= 15 is 0 Å². The maximum Gasteiger partial charge on any atom is 0.130 e. The monoisotopic (exact) mass is 189 g/mol. The van der Waals surface area contributed by atoms with Crippen LogP contribution in [0.25, 0.3) is 12.2 Å².